The molecule has 5 nitrogen and oxygen atoms in total. The quantitative estimate of drug-likeness (QED) is 0.732. The fourth-order valence-electron chi connectivity index (χ4n) is 2.05. The molecule has 0 fully saturated rings. The predicted molar refractivity (Wildman–Crippen MR) is 97.4 cm³/mol. The number of anilines is 1. The number of methoxy groups -OCH3 is 1. The molecule has 0 saturated carbocycles. The lowest BCUT2D eigenvalue weighted by molar-refractivity contribution is -0.113. The minimum absolute atomic E-state index is 0.189. The number of carbonyl (C=O) groups excluding carboxylic acids is 1. The smallest absolute Gasteiger partial charge is 0.341 e. The minimum atomic E-state index is -4.63. The Balaban J connectivity index is 1.86. The Morgan fingerprint density at radius 3 is 2.50 bits per heavy atom. The van der Waals surface area contributed by atoms with Crippen molar-refractivity contribution in [1.82, 2.24) is 0 Å². The molecule has 1 amide bonds. The van der Waals surface area contributed by atoms with Gasteiger partial charge in [0.2, 0.25) is 15.7 Å². The molecule has 9 heteroatoms. The molecule has 0 aromatic heterocycles. The van der Waals surface area contributed by atoms with Crippen molar-refractivity contribution in [3.05, 3.63) is 54.1 Å². The summed E-state index contributed by atoms with van der Waals surface area (Å²) in [6.07, 6.45) is 0. The van der Waals surface area contributed by atoms with E-state index in [1.165, 1.54) is 23.9 Å². The van der Waals surface area contributed by atoms with Crippen molar-refractivity contribution < 1.29 is 26.7 Å². The normalized spacial score (nSPS) is 11.4. The maximum Gasteiger partial charge on any atom is 0.341 e. The third-order valence-corrected chi connectivity index (χ3v) is 5.74. The molecular formula is C17H17F2NO4S2. The van der Waals surface area contributed by atoms with Gasteiger partial charge in [0.1, 0.15) is 5.75 Å². The van der Waals surface area contributed by atoms with E-state index < -0.39 is 20.5 Å². The van der Waals surface area contributed by atoms with Crippen LogP contribution in [-0.2, 0) is 20.4 Å². The van der Waals surface area contributed by atoms with Crippen LogP contribution in [0.3, 0.4) is 0 Å². The molecule has 0 saturated heterocycles. The molecule has 0 heterocycles. The second-order valence-electron chi connectivity index (χ2n) is 5.22. The van der Waals surface area contributed by atoms with Crippen LogP contribution in [0.1, 0.15) is 5.56 Å². The highest BCUT2D eigenvalue weighted by Gasteiger charge is 2.26. The van der Waals surface area contributed by atoms with Gasteiger partial charge in [0.05, 0.1) is 17.8 Å². The number of sulfone groups is 1. The van der Waals surface area contributed by atoms with Gasteiger partial charge < -0.3 is 10.1 Å². The van der Waals surface area contributed by atoms with Crippen LogP contribution in [0.5, 0.6) is 5.75 Å². The van der Waals surface area contributed by atoms with Crippen LogP contribution < -0.4 is 10.1 Å². The van der Waals surface area contributed by atoms with Gasteiger partial charge in [-0.2, -0.15) is 8.78 Å². The summed E-state index contributed by atoms with van der Waals surface area (Å²) in [7, 11) is -3.05. The minimum Gasteiger partial charge on any atom is -0.497 e. The van der Waals surface area contributed by atoms with E-state index in [1.807, 2.05) is 24.3 Å². The number of carbonyl (C=O) groups is 1. The second kappa shape index (κ2) is 9.00. The monoisotopic (exact) mass is 401 g/mol. The molecule has 0 atom stereocenters. The zero-order chi connectivity index (χ0) is 19.2. The molecular weight excluding hydrogens is 384 g/mol. The molecule has 0 spiro atoms. The largest absolute Gasteiger partial charge is 0.497 e. The summed E-state index contributed by atoms with van der Waals surface area (Å²) in [6, 6.07) is 12.1. The van der Waals surface area contributed by atoms with Gasteiger partial charge in [-0.1, -0.05) is 12.1 Å². The Morgan fingerprint density at radius 2 is 1.88 bits per heavy atom. The fourth-order valence-corrected chi connectivity index (χ4v) is 3.55. The van der Waals surface area contributed by atoms with E-state index in [2.05, 4.69) is 5.32 Å². The molecule has 0 aliphatic carbocycles. The standard InChI is InChI=1S/C17H17F2NO4S2/c1-24-14-4-2-3-12(9-14)10-25-11-16(21)20-13-5-7-15(8-6-13)26(22,23)17(18)19/h2-9,17H,10-11H2,1H3,(H,20,21). The van der Waals surface area contributed by atoms with Crippen molar-refractivity contribution in [2.24, 2.45) is 0 Å². The molecule has 2 aromatic carbocycles. The van der Waals surface area contributed by atoms with Crippen molar-refractivity contribution in [1.29, 1.82) is 0 Å². The zero-order valence-electron chi connectivity index (χ0n) is 13.8. The van der Waals surface area contributed by atoms with Gasteiger partial charge in [-0.15, -0.1) is 11.8 Å². The van der Waals surface area contributed by atoms with Crippen molar-refractivity contribution >= 4 is 33.2 Å². The number of hydrogen-bond donors (Lipinski definition) is 1. The average Bonchev–Trinajstić information content (AvgIpc) is 2.62. The molecule has 0 aliphatic heterocycles. The first-order valence-corrected chi connectivity index (χ1v) is 10.2. The van der Waals surface area contributed by atoms with E-state index in [0.717, 1.165) is 23.4 Å². The summed E-state index contributed by atoms with van der Waals surface area (Å²) in [4.78, 5) is 11.4. The van der Waals surface area contributed by atoms with Gasteiger partial charge in [0.25, 0.3) is 0 Å². The third kappa shape index (κ3) is 5.43. The Hall–Kier alpha value is -2.13. The molecule has 0 radical (unpaired) electrons. The lowest BCUT2D eigenvalue weighted by Crippen LogP contribution is -2.15. The van der Waals surface area contributed by atoms with Gasteiger partial charge in [0.15, 0.2) is 0 Å². The van der Waals surface area contributed by atoms with Gasteiger partial charge in [-0.05, 0) is 42.0 Å². The number of halogens is 2. The predicted octanol–water partition coefficient (Wildman–Crippen LogP) is 3.56. The Labute approximate surface area is 154 Å². The van der Waals surface area contributed by atoms with Crippen molar-refractivity contribution in [2.45, 2.75) is 16.4 Å². The van der Waals surface area contributed by atoms with Crippen LogP contribution in [0.4, 0.5) is 14.5 Å². The van der Waals surface area contributed by atoms with E-state index >= 15 is 0 Å². The van der Waals surface area contributed by atoms with E-state index in [4.69, 9.17) is 4.74 Å². The molecule has 2 rings (SSSR count). The maximum atomic E-state index is 12.5. The molecule has 0 bridgehead atoms. The topological polar surface area (TPSA) is 72.5 Å². The average molecular weight is 401 g/mol. The molecule has 2 aromatic rings. The number of nitrogens with one attached hydrogen (secondary N) is 1. The summed E-state index contributed by atoms with van der Waals surface area (Å²) in [6.45, 7) is 0. The van der Waals surface area contributed by atoms with E-state index in [0.29, 0.717) is 11.4 Å². The van der Waals surface area contributed by atoms with Gasteiger partial charge in [-0.25, -0.2) is 8.42 Å². The van der Waals surface area contributed by atoms with Crippen molar-refractivity contribution in [3.63, 3.8) is 0 Å². The lowest BCUT2D eigenvalue weighted by Gasteiger charge is -2.08. The van der Waals surface area contributed by atoms with E-state index in [9.17, 15) is 22.0 Å². The summed E-state index contributed by atoms with van der Waals surface area (Å²) < 4.78 is 52.7. The first-order valence-electron chi connectivity index (χ1n) is 7.45. The van der Waals surface area contributed by atoms with E-state index in [-0.39, 0.29) is 11.7 Å². The number of thioether (sulfide) groups is 1. The van der Waals surface area contributed by atoms with Crippen LogP contribution in [0.15, 0.2) is 53.4 Å². The molecule has 0 unspecified atom stereocenters. The molecule has 0 aliphatic rings. The lowest BCUT2D eigenvalue weighted by atomic mass is 10.2. The first kappa shape index (κ1) is 20.2. The van der Waals surface area contributed by atoms with Crippen LogP contribution >= 0.6 is 11.8 Å². The number of ether oxygens (including phenoxy) is 1. The van der Waals surface area contributed by atoms with Gasteiger partial charge >= 0.3 is 5.76 Å². The number of amides is 1. The second-order valence-corrected chi connectivity index (χ2v) is 8.13. The Bertz CT molecular complexity index is 855. The highest BCUT2D eigenvalue weighted by atomic mass is 32.2. The Kier molecular flexibility index (Phi) is 6.98. The van der Waals surface area contributed by atoms with Gasteiger partial charge in [-0.3, -0.25) is 4.79 Å². The maximum absolute atomic E-state index is 12.5. The van der Waals surface area contributed by atoms with Crippen LogP contribution in [0.2, 0.25) is 0 Å². The molecule has 26 heavy (non-hydrogen) atoms. The summed E-state index contributed by atoms with van der Waals surface area (Å²) in [5.74, 6) is -2.20. The number of hydrogen-bond acceptors (Lipinski definition) is 5. The van der Waals surface area contributed by atoms with Crippen LogP contribution in [0.25, 0.3) is 0 Å². The molecule has 140 valence electrons. The van der Waals surface area contributed by atoms with E-state index in [1.54, 1.807) is 7.11 Å². The Morgan fingerprint density at radius 1 is 1.19 bits per heavy atom. The highest BCUT2D eigenvalue weighted by Crippen LogP contribution is 2.21. The SMILES string of the molecule is COc1cccc(CSCC(=O)Nc2ccc(S(=O)(=O)C(F)F)cc2)c1. The summed E-state index contributed by atoms with van der Waals surface area (Å²) >= 11 is 1.40. The number of alkyl halides is 2. The first-order chi connectivity index (χ1) is 12.3. The van der Waals surface area contributed by atoms with Gasteiger partial charge in [0, 0.05) is 11.4 Å². The van der Waals surface area contributed by atoms with Crippen molar-refractivity contribution in [2.75, 3.05) is 18.2 Å². The zero-order valence-corrected chi connectivity index (χ0v) is 15.4. The van der Waals surface area contributed by atoms with Crippen LogP contribution in [-0.4, -0.2) is 32.9 Å². The number of benzene rings is 2. The highest BCUT2D eigenvalue weighted by molar-refractivity contribution is 7.99. The summed E-state index contributed by atoms with van der Waals surface area (Å²) in [5, 5.41) is 2.59. The van der Waals surface area contributed by atoms with Crippen molar-refractivity contribution in [3.8, 4) is 5.75 Å². The van der Waals surface area contributed by atoms with Crippen LogP contribution in [0, 0.1) is 0 Å². The number of rotatable bonds is 8. The fraction of sp³-hybridized carbons (Fsp3) is 0.235. The summed E-state index contributed by atoms with van der Waals surface area (Å²) in [5.41, 5.74) is 1.36. The molecule has 1 N–H and O–H groups in total. The third-order valence-electron chi connectivity index (χ3n) is 3.34.